The summed E-state index contributed by atoms with van der Waals surface area (Å²) in [7, 11) is 1.63. The van der Waals surface area contributed by atoms with Crippen LogP contribution in [0.25, 0.3) is 0 Å². The van der Waals surface area contributed by atoms with Crippen LogP contribution in [0, 0.1) is 17.2 Å². The van der Waals surface area contributed by atoms with Crippen molar-refractivity contribution in [2.75, 3.05) is 13.7 Å². The molecule has 6 heteroatoms. The van der Waals surface area contributed by atoms with Crippen LogP contribution in [0.15, 0.2) is 42.5 Å². The zero-order valence-corrected chi connectivity index (χ0v) is 15.1. The molecule has 1 saturated carbocycles. The Morgan fingerprint density at radius 1 is 1.31 bits per heavy atom. The molecule has 0 radical (unpaired) electrons. The molecule has 1 aliphatic rings. The number of benzene rings is 2. The summed E-state index contributed by atoms with van der Waals surface area (Å²) in [5.41, 5.74) is 1.50. The average molecular weight is 371 g/mol. The highest BCUT2D eigenvalue weighted by molar-refractivity contribution is 6.32. The molecule has 0 bridgehead atoms. The summed E-state index contributed by atoms with van der Waals surface area (Å²) in [5, 5.41) is 12.2. The van der Waals surface area contributed by atoms with E-state index in [-0.39, 0.29) is 18.6 Å². The van der Waals surface area contributed by atoms with Crippen molar-refractivity contribution in [2.24, 2.45) is 5.92 Å². The van der Waals surface area contributed by atoms with Crippen molar-refractivity contribution in [2.45, 2.75) is 18.9 Å². The molecule has 134 valence electrons. The molecular formula is C20H19ClN2O3. The van der Waals surface area contributed by atoms with Gasteiger partial charge in [-0.15, -0.1) is 0 Å². The Bertz CT molecular complexity index is 826. The molecule has 0 heterocycles. The van der Waals surface area contributed by atoms with E-state index in [1.807, 2.05) is 30.3 Å². The lowest BCUT2D eigenvalue weighted by atomic mass is 10.0. The highest BCUT2D eigenvalue weighted by Gasteiger charge is 2.33. The quantitative estimate of drug-likeness (QED) is 0.803. The molecule has 3 rings (SSSR count). The molecule has 0 spiro atoms. The van der Waals surface area contributed by atoms with E-state index in [9.17, 15) is 4.79 Å². The topological polar surface area (TPSA) is 71.3 Å². The Labute approximate surface area is 157 Å². The van der Waals surface area contributed by atoms with Gasteiger partial charge in [-0.25, -0.2) is 0 Å². The molecule has 1 amide bonds. The molecule has 1 unspecified atom stereocenters. The maximum atomic E-state index is 12.3. The number of halogens is 1. The number of ether oxygens (including phenoxy) is 2. The molecule has 26 heavy (non-hydrogen) atoms. The molecule has 0 saturated heterocycles. The zero-order valence-electron chi connectivity index (χ0n) is 14.4. The van der Waals surface area contributed by atoms with Gasteiger partial charge in [0.05, 0.1) is 29.8 Å². The third kappa shape index (κ3) is 4.47. The largest absolute Gasteiger partial charge is 0.497 e. The highest BCUT2D eigenvalue weighted by atomic mass is 35.5. The Morgan fingerprint density at radius 3 is 2.62 bits per heavy atom. The molecule has 1 N–H and O–H groups in total. The third-order valence-electron chi connectivity index (χ3n) is 4.30. The number of nitrogens with one attached hydrogen (secondary N) is 1. The number of nitriles is 1. The van der Waals surface area contributed by atoms with Gasteiger partial charge in [-0.3, -0.25) is 4.79 Å². The van der Waals surface area contributed by atoms with Crippen LogP contribution >= 0.6 is 11.6 Å². The van der Waals surface area contributed by atoms with Crippen LogP contribution < -0.4 is 14.8 Å². The van der Waals surface area contributed by atoms with E-state index < -0.39 is 0 Å². The second-order valence-corrected chi connectivity index (χ2v) is 6.61. The van der Waals surface area contributed by atoms with E-state index >= 15 is 0 Å². The first kappa shape index (κ1) is 18.1. The maximum absolute atomic E-state index is 12.3. The summed E-state index contributed by atoms with van der Waals surface area (Å²) in [6, 6.07) is 14.4. The van der Waals surface area contributed by atoms with Crippen LogP contribution in [0.2, 0.25) is 5.02 Å². The minimum atomic E-state index is -0.210. The van der Waals surface area contributed by atoms with E-state index in [2.05, 4.69) is 5.32 Å². The number of carbonyl (C=O) groups is 1. The van der Waals surface area contributed by atoms with Gasteiger partial charge in [-0.2, -0.15) is 5.26 Å². The summed E-state index contributed by atoms with van der Waals surface area (Å²) < 4.78 is 10.7. The van der Waals surface area contributed by atoms with Gasteiger partial charge < -0.3 is 14.8 Å². The Balaban J connectivity index is 1.61. The van der Waals surface area contributed by atoms with Crippen LogP contribution in [-0.4, -0.2) is 19.6 Å². The summed E-state index contributed by atoms with van der Waals surface area (Å²) in [5.74, 6) is 1.41. The molecule has 2 aromatic rings. The van der Waals surface area contributed by atoms with Crippen molar-refractivity contribution < 1.29 is 14.3 Å². The van der Waals surface area contributed by atoms with Gasteiger partial charge in [-0.05, 0) is 54.7 Å². The van der Waals surface area contributed by atoms with Crippen LogP contribution in [0.1, 0.15) is 30.0 Å². The number of amides is 1. The van der Waals surface area contributed by atoms with Gasteiger partial charge >= 0.3 is 0 Å². The van der Waals surface area contributed by atoms with Crippen LogP contribution in [-0.2, 0) is 4.79 Å². The second-order valence-electron chi connectivity index (χ2n) is 6.20. The first-order valence-corrected chi connectivity index (χ1v) is 8.74. The molecule has 0 aliphatic heterocycles. The van der Waals surface area contributed by atoms with E-state index in [4.69, 9.17) is 26.3 Å². The molecule has 1 fully saturated rings. The summed E-state index contributed by atoms with van der Waals surface area (Å²) in [4.78, 5) is 12.3. The minimum Gasteiger partial charge on any atom is -0.497 e. The van der Waals surface area contributed by atoms with E-state index in [1.165, 1.54) is 6.07 Å². The fraction of sp³-hybridized carbons (Fsp3) is 0.300. The van der Waals surface area contributed by atoms with Gasteiger partial charge in [0, 0.05) is 0 Å². The van der Waals surface area contributed by atoms with Crippen molar-refractivity contribution in [1.29, 1.82) is 5.26 Å². The molecular weight excluding hydrogens is 352 g/mol. The maximum Gasteiger partial charge on any atom is 0.258 e. The predicted octanol–water partition coefficient (Wildman–Crippen LogP) is 3.87. The zero-order chi connectivity index (χ0) is 18.5. The van der Waals surface area contributed by atoms with Gasteiger partial charge in [0.1, 0.15) is 11.5 Å². The van der Waals surface area contributed by atoms with Gasteiger partial charge in [0.15, 0.2) is 6.61 Å². The van der Waals surface area contributed by atoms with Crippen molar-refractivity contribution in [3.8, 4) is 17.6 Å². The van der Waals surface area contributed by atoms with E-state index in [1.54, 1.807) is 19.2 Å². The van der Waals surface area contributed by atoms with Gasteiger partial charge in [-0.1, -0.05) is 23.7 Å². The summed E-state index contributed by atoms with van der Waals surface area (Å²) >= 11 is 6.06. The Morgan fingerprint density at radius 2 is 2.04 bits per heavy atom. The number of hydrogen-bond donors (Lipinski definition) is 1. The second kappa shape index (κ2) is 8.11. The van der Waals surface area contributed by atoms with Crippen molar-refractivity contribution >= 4 is 17.5 Å². The monoisotopic (exact) mass is 370 g/mol. The van der Waals surface area contributed by atoms with Gasteiger partial charge in [0.2, 0.25) is 0 Å². The van der Waals surface area contributed by atoms with Gasteiger partial charge in [0.25, 0.3) is 5.91 Å². The molecule has 0 aromatic heterocycles. The lowest BCUT2D eigenvalue weighted by molar-refractivity contribution is -0.124. The molecule has 1 atom stereocenters. The van der Waals surface area contributed by atoms with Crippen molar-refractivity contribution in [3.05, 3.63) is 58.6 Å². The van der Waals surface area contributed by atoms with E-state index in [0.29, 0.717) is 22.3 Å². The Kier molecular flexibility index (Phi) is 5.65. The average Bonchev–Trinajstić information content (AvgIpc) is 3.50. The minimum absolute atomic E-state index is 0.0338. The summed E-state index contributed by atoms with van der Waals surface area (Å²) in [6.07, 6.45) is 2.19. The fourth-order valence-corrected chi connectivity index (χ4v) is 3.00. The molecule has 2 aromatic carbocycles. The fourth-order valence-electron chi connectivity index (χ4n) is 2.76. The third-order valence-corrected chi connectivity index (χ3v) is 4.60. The number of carbonyl (C=O) groups excluding carboxylic acids is 1. The molecule has 5 nitrogen and oxygen atoms in total. The first-order chi connectivity index (χ1) is 12.6. The lowest BCUT2D eigenvalue weighted by Crippen LogP contribution is -2.33. The standard InChI is InChI=1S/C20H19ClN2O3/c1-25-16-7-5-15(6-8-16)20(14-3-4-14)23-19(24)12-26-18-9-2-13(11-22)10-17(18)21/h2,5-10,14,20H,3-4,12H2,1H3,(H,23,24). The number of methoxy groups -OCH3 is 1. The number of rotatable bonds is 7. The summed E-state index contributed by atoms with van der Waals surface area (Å²) in [6.45, 7) is -0.134. The number of nitrogens with zero attached hydrogens (tertiary/aromatic N) is 1. The first-order valence-electron chi connectivity index (χ1n) is 8.36. The predicted molar refractivity (Wildman–Crippen MR) is 98.3 cm³/mol. The van der Waals surface area contributed by atoms with Crippen molar-refractivity contribution in [1.82, 2.24) is 5.32 Å². The normalized spacial score (nSPS) is 14.2. The van der Waals surface area contributed by atoms with Crippen molar-refractivity contribution in [3.63, 3.8) is 0 Å². The van der Waals surface area contributed by atoms with Crippen LogP contribution in [0.3, 0.4) is 0 Å². The van der Waals surface area contributed by atoms with E-state index in [0.717, 1.165) is 24.2 Å². The smallest absolute Gasteiger partial charge is 0.258 e. The van der Waals surface area contributed by atoms with Crippen LogP contribution in [0.4, 0.5) is 0 Å². The highest BCUT2D eigenvalue weighted by Crippen LogP contribution is 2.41. The number of hydrogen-bond acceptors (Lipinski definition) is 4. The molecule has 1 aliphatic carbocycles. The lowest BCUT2D eigenvalue weighted by Gasteiger charge is -2.19. The SMILES string of the molecule is COc1ccc(C(NC(=O)COc2ccc(C#N)cc2Cl)C2CC2)cc1. The Hall–Kier alpha value is -2.71. The van der Waals surface area contributed by atoms with Crippen LogP contribution in [0.5, 0.6) is 11.5 Å².